The molecule has 2 saturated heterocycles. The molecule has 3 aliphatic rings. The van der Waals surface area contributed by atoms with Gasteiger partial charge >= 0.3 is 0 Å². The van der Waals surface area contributed by atoms with E-state index in [2.05, 4.69) is 21.9 Å². The van der Waals surface area contributed by atoms with Crippen molar-refractivity contribution in [1.29, 1.82) is 0 Å². The summed E-state index contributed by atoms with van der Waals surface area (Å²) in [5.74, 6) is 2.16. The Morgan fingerprint density at radius 1 is 1.03 bits per heavy atom. The fourth-order valence-electron chi connectivity index (χ4n) is 5.47. The predicted molar refractivity (Wildman–Crippen MR) is 119 cm³/mol. The summed E-state index contributed by atoms with van der Waals surface area (Å²) in [6.45, 7) is 3.84. The number of hydrogen-bond donors (Lipinski definition) is 0. The second-order valence-corrected chi connectivity index (χ2v) is 9.34. The van der Waals surface area contributed by atoms with Crippen molar-refractivity contribution in [1.82, 2.24) is 9.80 Å². The third kappa shape index (κ3) is 4.33. The monoisotopic (exact) mass is 422 g/mol. The molecule has 0 radical (unpaired) electrons. The van der Waals surface area contributed by atoms with Gasteiger partial charge in [-0.25, -0.2) is 4.39 Å². The predicted octanol–water partition coefficient (Wildman–Crippen LogP) is 4.10. The maximum Gasteiger partial charge on any atom is 0.225 e. The van der Waals surface area contributed by atoms with Crippen LogP contribution in [0.3, 0.4) is 0 Å². The molecule has 2 heterocycles. The van der Waals surface area contributed by atoms with E-state index in [4.69, 9.17) is 4.74 Å². The second-order valence-electron chi connectivity index (χ2n) is 9.34. The van der Waals surface area contributed by atoms with Crippen molar-refractivity contribution in [2.45, 2.75) is 37.6 Å². The average Bonchev–Trinajstić information content (AvgIpc) is 3.59. The number of benzene rings is 2. The van der Waals surface area contributed by atoms with Gasteiger partial charge in [-0.15, -0.1) is 0 Å². The van der Waals surface area contributed by atoms with Gasteiger partial charge in [0.2, 0.25) is 5.91 Å². The third-order valence-corrected chi connectivity index (χ3v) is 7.40. The summed E-state index contributed by atoms with van der Waals surface area (Å²) in [7, 11) is 1.69. The summed E-state index contributed by atoms with van der Waals surface area (Å²) in [5.41, 5.74) is 2.48. The molecule has 2 aliphatic heterocycles. The molecule has 1 aliphatic carbocycles. The van der Waals surface area contributed by atoms with Crippen LogP contribution in [0.15, 0.2) is 48.5 Å². The van der Waals surface area contributed by atoms with Crippen molar-refractivity contribution in [3.8, 4) is 5.75 Å². The van der Waals surface area contributed by atoms with Crippen LogP contribution in [0.2, 0.25) is 0 Å². The number of carbonyl (C=O) groups excluding carboxylic acids is 1. The second kappa shape index (κ2) is 8.62. The van der Waals surface area contributed by atoms with E-state index in [1.807, 2.05) is 24.3 Å². The zero-order chi connectivity index (χ0) is 21.4. The van der Waals surface area contributed by atoms with Crippen LogP contribution in [0.4, 0.5) is 4.39 Å². The van der Waals surface area contributed by atoms with Crippen LogP contribution in [-0.4, -0.2) is 55.0 Å². The van der Waals surface area contributed by atoms with Gasteiger partial charge in [0.25, 0.3) is 0 Å². The SMILES string of the molecule is COc1ccc([C@H]2CN(C(=O)C3CC3)[C@@H]3CCN(CCc4ccc(F)cc4)C[C@H]23)cc1. The van der Waals surface area contributed by atoms with Crippen LogP contribution >= 0.6 is 0 Å². The number of amides is 1. The van der Waals surface area contributed by atoms with Crippen LogP contribution in [0.1, 0.15) is 36.3 Å². The minimum atomic E-state index is -0.182. The van der Waals surface area contributed by atoms with Gasteiger partial charge in [0.1, 0.15) is 11.6 Å². The molecule has 2 aromatic rings. The highest BCUT2D eigenvalue weighted by Gasteiger charge is 2.49. The lowest BCUT2D eigenvalue weighted by atomic mass is 9.81. The molecule has 0 aromatic heterocycles. The minimum absolute atomic E-state index is 0.182. The molecule has 5 rings (SSSR count). The summed E-state index contributed by atoms with van der Waals surface area (Å²) in [6.07, 6.45) is 4.09. The molecule has 1 saturated carbocycles. The molecule has 0 unspecified atom stereocenters. The normalized spacial score (nSPS) is 26.0. The number of carbonyl (C=O) groups is 1. The number of hydrogen-bond acceptors (Lipinski definition) is 3. The van der Waals surface area contributed by atoms with E-state index < -0.39 is 0 Å². The van der Waals surface area contributed by atoms with Gasteiger partial charge in [0.05, 0.1) is 7.11 Å². The number of nitrogens with zero attached hydrogens (tertiary/aromatic N) is 2. The lowest BCUT2D eigenvalue weighted by Gasteiger charge is -2.39. The molecular weight excluding hydrogens is 391 g/mol. The van der Waals surface area contributed by atoms with Gasteiger partial charge in [0, 0.05) is 50.0 Å². The fourth-order valence-corrected chi connectivity index (χ4v) is 5.47. The van der Waals surface area contributed by atoms with Crippen LogP contribution in [0, 0.1) is 17.7 Å². The Bertz CT molecular complexity index is 910. The first-order valence-electron chi connectivity index (χ1n) is 11.5. The Morgan fingerprint density at radius 2 is 1.77 bits per heavy atom. The van der Waals surface area contributed by atoms with Crippen molar-refractivity contribution in [3.05, 3.63) is 65.5 Å². The molecule has 164 valence electrons. The number of likely N-dealkylation sites (tertiary alicyclic amines) is 2. The zero-order valence-corrected chi connectivity index (χ0v) is 18.2. The average molecular weight is 423 g/mol. The topological polar surface area (TPSA) is 32.8 Å². The largest absolute Gasteiger partial charge is 0.497 e. The van der Waals surface area contributed by atoms with Gasteiger partial charge < -0.3 is 14.5 Å². The lowest BCUT2D eigenvalue weighted by Crippen LogP contribution is -2.48. The molecule has 5 heteroatoms. The number of rotatable bonds is 6. The number of piperidine rings is 1. The molecule has 0 N–H and O–H groups in total. The van der Waals surface area contributed by atoms with Crippen LogP contribution in [0.25, 0.3) is 0 Å². The molecule has 0 spiro atoms. The molecular formula is C26H31FN2O2. The van der Waals surface area contributed by atoms with Crippen molar-refractivity contribution in [2.75, 3.05) is 33.3 Å². The number of methoxy groups -OCH3 is 1. The lowest BCUT2D eigenvalue weighted by molar-refractivity contribution is -0.134. The maximum atomic E-state index is 13.2. The van der Waals surface area contributed by atoms with E-state index in [-0.39, 0.29) is 11.7 Å². The van der Waals surface area contributed by atoms with Gasteiger partial charge in [-0.2, -0.15) is 0 Å². The minimum Gasteiger partial charge on any atom is -0.497 e. The molecule has 3 atom stereocenters. The first-order valence-corrected chi connectivity index (χ1v) is 11.5. The summed E-state index contributed by atoms with van der Waals surface area (Å²) in [4.78, 5) is 17.8. The van der Waals surface area contributed by atoms with Crippen LogP contribution in [-0.2, 0) is 11.2 Å². The summed E-state index contributed by atoms with van der Waals surface area (Å²) < 4.78 is 18.5. The zero-order valence-electron chi connectivity index (χ0n) is 18.2. The Labute approximate surface area is 184 Å². The van der Waals surface area contributed by atoms with Crippen LogP contribution in [0.5, 0.6) is 5.75 Å². The molecule has 3 fully saturated rings. The van der Waals surface area contributed by atoms with E-state index in [9.17, 15) is 9.18 Å². The van der Waals surface area contributed by atoms with Gasteiger partial charge in [-0.1, -0.05) is 24.3 Å². The van der Waals surface area contributed by atoms with Gasteiger partial charge in [-0.05, 0) is 61.1 Å². The summed E-state index contributed by atoms with van der Waals surface area (Å²) in [6, 6.07) is 15.6. The van der Waals surface area contributed by atoms with Crippen molar-refractivity contribution in [3.63, 3.8) is 0 Å². The number of ether oxygens (including phenoxy) is 1. The Hall–Kier alpha value is -2.40. The number of halogens is 1. The van der Waals surface area contributed by atoms with E-state index in [1.54, 1.807) is 19.2 Å². The van der Waals surface area contributed by atoms with Crippen molar-refractivity contribution >= 4 is 5.91 Å². The highest BCUT2D eigenvalue weighted by Crippen LogP contribution is 2.44. The number of fused-ring (bicyclic) bond motifs is 1. The van der Waals surface area contributed by atoms with E-state index in [0.29, 0.717) is 23.8 Å². The molecule has 1 amide bonds. The summed E-state index contributed by atoms with van der Waals surface area (Å²) in [5, 5.41) is 0. The maximum absolute atomic E-state index is 13.2. The van der Waals surface area contributed by atoms with E-state index in [0.717, 1.165) is 57.6 Å². The Kier molecular flexibility index (Phi) is 5.70. The molecule has 4 nitrogen and oxygen atoms in total. The molecule has 31 heavy (non-hydrogen) atoms. The van der Waals surface area contributed by atoms with Crippen LogP contribution < -0.4 is 4.74 Å². The molecule has 2 aromatic carbocycles. The quantitative estimate of drug-likeness (QED) is 0.703. The van der Waals surface area contributed by atoms with Crippen molar-refractivity contribution < 1.29 is 13.9 Å². The van der Waals surface area contributed by atoms with Crippen molar-refractivity contribution in [2.24, 2.45) is 11.8 Å². The van der Waals surface area contributed by atoms with E-state index >= 15 is 0 Å². The van der Waals surface area contributed by atoms with Gasteiger partial charge in [-0.3, -0.25) is 4.79 Å². The Balaban J connectivity index is 1.31. The highest BCUT2D eigenvalue weighted by atomic mass is 19.1. The fraction of sp³-hybridized carbons (Fsp3) is 0.500. The standard InChI is InChI=1S/C26H31FN2O2/c1-31-22-10-6-19(7-11-22)23-17-29(26(30)20-4-5-20)25-13-15-28(16-24(23)25)14-12-18-2-8-21(27)9-3-18/h2-3,6-11,20,23-25H,4-5,12-17H2,1H3/t23-,24-,25-/m1/s1. The first-order chi connectivity index (χ1) is 15.1. The first kappa shape index (κ1) is 20.5. The van der Waals surface area contributed by atoms with Gasteiger partial charge in [0.15, 0.2) is 0 Å². The Morgan fingerprint density at radius 3 is 2.45 bits per heavy atom. The van der Waals surface area contributed by atoms with E-state index in [1.165, 1.54) is 11.1 Å². The highest BCUT2D eigenvalue weighted by molar-refractivity contribution is 5.82. The third-order valence-electron chi connectivity index (χ3n) is 7.40. The summed E-state index contributed by atoms with van der Waals surface area (Å²) >= 11 is 0. The smallest absolute Gasteiger partial charge is 0.225 e. The molecule has 0 bridgehead atoms.